The molecule has 5 N–H and O–H groups in total. The van der Waals surface area contributed by atoms with Gasteiger partial charge in [0.25, 0.3) is 0 Å². The predicted octanol–water partition coefficient (Wildman–Crippen LogP) is 0.237. The first-order valence-corrected chi connectivity index (χ1v) is 6.91. The van der Waals surface area contributed by atoms with Crippen molar-refractivity contribution in [1.29, 1.82) is 0 Å². The van der Waals surface area contributed by atoms with Gasteiger partial charge in [-0.2, -0.15) is 0 Å². The fourth-order valence-corrected chi connectivity index (χ4v) is 2.56. The summed E-state index contributed by atoms with van der Waals surface area (Å²) in [5.41, 5.74) is 5.27. The third-order valence-corrected chi connectivity index (χ3v) is 3.92. The second-order valence-electron chi connectivity index (χ2n) is 5.30. The van der Waals surface area contributed by atoms with E-state index in [1.54, 1.807) is 0 Å². The second kappa shape index (κ2) is 7.45. The lowest BCUT2D eigenvalue weighted by atomic mass is 9.79. The van der Waals surface area contributed by atoms with Gasteiger partial charge in [0.1, 0.15) is 0 Å². The maximum absolute atomic E-state index is 12.2. The highest BCUT2D eigenvalue weighted by atomic mass is 16.4. The van der Waals surface area contributed by atoms with E-state index in [2.05, 4.69) is 5.32 Å². The van der Waals surface area contributed by atoms with Crippen molar-refractivity contribution in [2.45, 2.75) is 51.0 Å². The Hall–Kier alpha value is -1.14. The minimum atomic E-state index is -1.43. The summed E-state index contributed by atoms with van der Waals surface area (Å²) in [6.07, 6.45) is 4.43. The lowest BCUT2D eigenvalue weighted by Gasteiger charge is -2.29. The molecule has 0 aromatic carbocycles. The Labute approximate surface area is 113 Å². The molecule has 0 aliphatic heterocycles. The number of carboxylic acids is 1. The molecule has 1 atom stereocenters. The molecule has 0 saturated heterocycles. The van der Waals surface area contributed by atoms with Crippen LogP contribution in [0.5, 0.6) is 0 Å². The fourth-order valence-electron chi connectivity index (χ4n) is 2.56. The third-order valence-electron chi connectivity index (χ3n) is 3.92. The molecular formula is C13H24N2O4. The summed E-state index contributed by atoms with van der Waals surface area (Å²) >= 11 is 0. The highest BCUT2D eigenvalue weighted by molar-refractivity contribution is 5.83. The minimum absolute atomic E-state index is 0.0156. The number of nitrogens with two attached hydrogens (primary N) is 1. The molecule has 1 saturated carbocycles. The van der Waals surface area contributed by atoms with Crippen LogP contribution in [0.15, 0.2) is 0 Å². The molecule has 0 heterocycles. The molecule has 1 rings (SSSR count). The van der Waals surface area contributed by atoms with Gasteiger partial charge in [-0.3, -0.25) is 4.79 Å². The number of hydrogen-bond donors (Lipinski definition) is 4. The maximum atomic E-state index is 12.2. The number of hydrogen-bond acceptors (Lipinski definition) is 4. The highest BCUT2D eigenvalue weighted by Crippen LogP contribution is 2.34. The van der Waals surface area contributed by atoms with Crippen molar-refractivity contribution in [3.63, 3.8) is 0 Å². The van der Waals surface area contributed by atoms with Gasteiger partial charge >= 0.3 is 5.97 Å². The topological polar surface area (TPSA) is 113 Å². The summed E-state index contributed by atoms with van der Waals surface area (Å²) in [6, 6.07) is 0. The van der Waals surface area contributed by atoms with E-state index in [0.717, 1.165) is 38.5 Å². The normalized spacial score (nSPS) is 20.3. The van der Waals surface area contributed by atoms with Crippen molar-refractivity contribution in [2.24, 2.45) is 11.1 Å². The van der Waals surface area contributed by atoms with Crippen LogP contribution in [-0.2, 0) is 9.59 Å². The fraction of sp³-hybridized carbons (Fsp3) is 0.846. The molecule has 1 amide bonds. The predicted molar refractivity (Wildman–Crippen MR) is 70.5 cm³/mol. The van der Waals surface area contributed by atoms with E-state index in [0.29, 0.717) is 6.54 Å². The number of carbonyl (C=O) groups is 2. The summed E-state index contributed by atoms with van der Waals surface area (Å²) < 4.78 is 0. The number of carbonyl (C=O) groups excluding carboxylic acids is 1. The number of aliphatic hydroxyl groups excluding tert-OH is 1. The van der Waals surface area contributed by atoms with Crippen molar-refractivity contribution >= 4 is 11.9 Å². The van der Waals surface area contributed by atoms with Crippen LogP contribution in [-0.4, -0.2) is 41.3 Å². The number of rotatable bonds is 6. The van der Waals surface area contributed by atoms with E-state index in [4.69, 9.17) is 15.9 Å². The van der Waals surface area contributed by atoms with E-state index >= 15 is 0 Å². The molecule has 1 fully saturated rings. The summed E-state index contributed by atoms with van der Waals surface area (Å²) in [5.74, 6) is -1.37. The standard InChI is InChI=1S/C13H24N2O4/c14-9-13(6-3-1-2-4-7-13)12(19)15-8-5-10(16)11(17)18/h10,16H,1-9,14H2,(H,15,19)(H,17,18)/t10-/m0/s1. The van der Waals surface area contributed by atoms with E-state index in [1.165, 1.54) is 0 Å². The summed E-state index contributed by atoms with van der Waals surface area (Å²) in [7, 11) is 0. The van der Waals surface area contributed by atoms with Crippen LogP contribution >= 0.6 is 0 Å². The van der Waals surface area contributed by atoms with Gasteiger partial charge in [0.05, 0.1) is 5.41 Å². The molecule has 6 heteroatoms. The van der Waals surface area contributed by atoms with E-state index in [1.807, 2.05) is 0 Å². The zero-order chi connectivity index (χ0) is 14.3. The average Bonchev–Trinajstić information content (AvgIpc) is 2.64. The van der Waals surface area contributed by atoms with Gasteiger partial charge < -0.3 is 21.3 Å². The minimum Gasteiger partial charge on any atom is -0.479 e. The first-order chi connectivity index (χ1) is 9.02. The average molecular weight is 272 g/mol. The second-order valence-corrected chi connectivity index (χ2v) is 5.30. The molecule has 0 spiro atoms. The molecule has 1 aliphatic carbocycles. The maximum Gasteiger partial charge on any atom is 0.332 e. The number of aliphatic hydroxyl groups is 1. The number of amides is 1. The molecule has 0 unspecified atom stereocenters. The van der Waals surface area contributed by atoms with Crippen LogP contribution in [0, 0.1) is 5.41 Å². The monoisotopic (exact) mass is 272 g/mol. The number of carboxylic acid groups (broad SMARTS) is 1. The lowest BCUT2D eigenvalue weighted by Crippen LogP contribution is -2.46. The van der Waals surface area contributed by atoms with E-state index < -0.39 is 17.5 Å². The van der Waals surface area contributed by atoms with E-state index in [9.17, 15) is 9.59 Å². The molecule has 1 aliphatic rings. The molecule has 6 nitrogen and oxygen atoms in total. The summed E-state index contributed by atoms with van der Waals surface area (Å²) in [5, 5.41) is 20.4. The van der Waals surface area contributed by atoms with Gasteiger partial charge in [-0.15, -0.1) is 0 Å². The Morgan fingerprint density at radius 3 is 2.26 bits per heavy atom. The first-order valence-electron chi connectivity index (χ1n) is 6.91. The van der Waals surface area contributed by atoms with Gasteiger partial charge in [0, 0.05) is 19.5 Å². The van der Waals surface area contributed by atoms with Crippen LogP contribution in [0.3, 0.4) is 0 Å². The Kier molecular flexibility index (Phi) is 6.24. The molecule has 110 valence electrons. The van der Waals surface area contributed by atoms with Crippen LogP contribution in [0.4, 0.5) is 0 Å². The Morgan fingerprint density at radius 2 is 1.79 bits per heavy atom. The molecule has 0 bridgehead atoms. The van der Waals surface area contributed by atoms with Crippen LogP contribution < -0.4 is 11.1 Å². The lowest BCUT2D eigenvalue weighted by molar-refractivity contribution is -0.147. The smallest absolute Gasteiger partial charge is 0.332 e. The van der Waals surface area contributed by atoms with Crippen molar-refractivity contribution in [1.82, 2.24) is 5.32 Å². The SMILES string of the molecule is NCC1(C(=O)NCC[C@H](O)C(=O)O)CCCCCC1. The first kappa shape index (κ1) is 15.9. The third kappa shape index (κ3) is 4.47. The zero-order valence-electron chi connectivity index (χ0n) is 11.2. The summed E-state index contributed by atoms with van der Waals surface area (Å²) in [4.78, 5) is 22.7. The molecule has 0 aromatic heterocycles. The van der Waals surface area contributed by atoms with Gasteiger partial charge in [-0.1, -0.05) is 25.7 Å². The Bertz CT molecular complexity index is 312. The van der Waals surface area contributed by atoms with Gasteiger partial charge in [0.2, 0.25) is 5.91 Å². The largest absolute Gasteiger partial charge is 0.479 e. The van der Waals surface area contributed by atoms with Gasteiger partial charge in [-0.25, -0.2) is 4.79 Å². The number of aliphatic carboxylic acids is 1. The van der Waals surface area contributed by atoms with Gasteiger partial charge in [-0.05, 0) is 12.8 Å². The van der Waals surface area contributed by atoms with Crippen LogP contribution in [0.25, 0.3) is 0 Å². The van der Waals surface area contributed by atoms with E-state index in [-0.39, 0.29) is 18.9 Å². The van der Waals surface area contributed by atoms with Crippen molar-refractivity contribution in [2.75, 3.05) is 13.1 Å². The molecule has 0 radical (unpaired) electrons. The molecule has 19 heavy (non-hydrogen) atoms. The van der Waals surface area contributed by atoms with Crippen molar-refractivity contribution < 1.29 is 19.8 Å². The Morgan fingerprint density at radius 1 is 1.21 bits per heavy atom. The summed E-state index contributed by atoms with van der Waals surface area (Å²) in [6.45, 7) is 0.481. The van der Waals surface area contributed by atoms with Crippen molar-refractivity contribution in [3.8, 4) is 0 Å². The van der Waals surface area contributed by atoms with Crippen molar-refractivity contribution in [3.05, 3.63) is 0 Å². The zero-order valence-corrected chi connectivity index (χ0v) is 11.2. The molecular weight excluding hydrogens is 248 g/mol. The quantitative estimate of drug-likeness (QED) is 0.517. The highest BCUT2D eigenvalue weighted by Gasteiger charge is 2.36. The Balaban J connectivity index is 2.47. The molecule has 0 aromatic rings. The van der Waals surface area contributed by atoms with Gasteiger partial charge in [0.15, 0.2) is 6.10 Å². The number of nitrogens with one attached hydrogen (secondary N) is 1. The van der Waals surface area contributed by atoms with Crippen LogP contribution in [0.1, 0.15) is 44.9 Å². The van der Waals surface area contributed by atoms with Crippen LogP contribution in [0.2, 0.25) is 0 Å².